The van der Waals surface area contributed by atoms with Gasteiger partial charge in [-0.25, -0.2) is 4.63 Å². The molecule has 1 aliphatic heterocycles. The Morgan fingerprint density at radius 3 is 2.52 bits per heavy atom. The lowest BCUT2D eigenvalue weighted by Crippen LogP contribution is -2.58. The number of rotatable bonds is 4. The third-order valence-corrected chi connectivity index (χ3v) is 4.98. The molecule has 0 bridgehead atoms. The molecule has 2 fully saturated rings. The molecular formula is C15H24N4O2. The summed E-state index contributed by atoms with van der Waals surface area (Å²) in [5.74, 6) is 0.159. The summed E-state index contributed by atoms with van der Waals surface area (Å²) in [6, 6.07) is 0. The van der Waals surface area contributed by atoms with E-state index < -0.39 is 0 Å². The molecule has 21 heavy (non-hydrogen) atoms. The van der Waals surface area contributed by atoms with Gasteiger partial charge in [0.15, 0.2) is 0 Å². The minimum absolute atomic E-state index is 0.159. The highest BCUT2D eigenvalue weighted by Gasteiger charge is 2.45. The van der Waals surface area contributed by atoms with Crippen molar-refractivity contribution < 1.29 is 9.42 Å². The van der Waals surface area contributed by atoms with E-state index in [9.17, 15) is 4.79 Å². The van der Waals surface area contributed by atoms with Crippen molar-refractivity contribution in [1.29, 1.82) is 0 Å². The molecule has 0 aromatic carbocycles. The minimum Gasteiger partial charge on any atom is -0.349 e. The van der Waals surface area contributed by atoms with Gasteiger partial charge in [-0.1, -0.05) is 29.6 Å². The van der Waals surface area contributed by atoms with E-state index in [0.717, 1.165) is 50.2 Å². The van der Waals surface area contributed by atoms with Crippen molar-refractivity contribution in [1.82, 2.24) is 20.5 Å². The van der Waals surface area contributed by atoms with Gasteiger partial charge in [0, 0.05) is 0 Å². The van der Waals surface area contributed by atoms with Crippen molar-refractivity contribution in [2.75, 3.05) is 13.1 Å². The Kier molecular flexibility index (Phi) is 4.24. The van der Waals surface area contributed by atoms with E-state index in [2.05, 4.69) is 25.2 Å². The molecule has 1 aliphatic carbocycles. The molecule has 0 atom stereocenters. The molecule has 0 spiro atoms. The smallest absolute Gasteiger partial charge is 0.240 e. The van der Waals surface area contributed by atoms with Gasteiger partial charge in [0.1, 0.15) is 16.9 Å². The Labute approximate surface area is 125 Å². The highest BCUT2D eigenvalue weighted by molar-refractivity contribution is 5.86. The van der Waals surface area contributed by atoms with Gasteiger partial charge in [-0.2, -0.15) is 0 Å². The first-order valence-electron chi connectivity index (χ1n) is 8.04. The van der Waals surface area contributed by atoms with Gasteiger partial charge in [-0.15, -0.1) is 0 Å². The van der Waals surface area contributed by atoms with Crippen molar-refractivity contribution in [2.24, 2.45) is 0 Å². The van der Waals surface area contributed by atoms with E-state index in [1.54, 1.807) is 0 Å². The molecule has 3 rings (SSSR count). The lowest BCUT2D eigenvalue weighted by atomic mass is 9.79. The number of carbonyl (C=O) groups excluding carboxylic acids is 1. The molecule has 0 unspecified atom stereocenters. The van der Waals surface area contributed by atoms with Gasteiger partial charge in [0.05, 0.1) is 6.54 Å². The fraction of sp³-hybridized carbons (Fsp3) is 0.800. The van der Waals surface area contributed by atoms with E-state index in [-0.39, 0.29) is 11.4 Å². The van der Waals surface area contributed by atoms with Crippen molar-refractivity contribution in [3.63, 3.8) is 0 Å². The Bertz CT molecular complexity index is 488. The van der Waals surface area contributed by atoms with Crippen LogP contribution in [0.1, 0.15) is 56.3 Å². The monoisotopic (exact) mass is 292 g/mol. The van der Waals surface area contributed by atoms with Crippen LogP contribution in [0, 0.1) is 6.92 Å². The fourth-order valence-corrected chi connectivity index (χ4v) is 3.71. The van der Waals surface area contributed by atoms with Crippen molar-refractivity contribution in [2.45, 2.75) is 64.0 Å². The number of likely N-dealkylation sites (tertiary alicyclic amines) is 1. The summed E-state index contributed by atoms with van der Waals surface area (Å²) < 4.78 is 4.69. The number of aromatic nitrogens is 2. The van der Waals surface area contributed by atoms with Crippen LogP contribution in [0.4, 0.5) is 0 Å². The summed E-state index contributed by atoms with van der Waals surface area (Å²) >= 11 is 0. The second kappa shape index (κ2) is 6.13. The number of hydrogen-bond acceptors (Lipinski definition) is 5. The molecule has 0 radical (unpaired) electrons. The van der Waals surface area contributed by atoms with Crippen molar-refractivity contribution in [3.05, 3.63) is 11.4 Å². The predicted octanol–water partition coefficient (Wildman–Crippen LogP) is 1.79. The Balaban J connectivity index is 1.70. The Hall–Kier alpha value is -1.43. The quantitative estimate of drug-likeness (QED) is 0.916. The zero-order valence-corrected chi connectivity index (χ0v) is 12.7. The highest BCUT2D eigenvalue weighted by Crippen LogP contribution is 2.36. The molecule has 1 aromatic rings. The van der Waals surface area contributed by atoms with E-state index in [1.807, 2.05) is 6.92 Å². The van der Waals surface area contributed by atoms with Crippen molar-refractivity contribution in [3.8, 4) is 0 Å². The first-order valence-corrected chi connectivity index (χ1v) is 8.04. The summed E-state index contributed by atoms with van der Waals surface area (Å²) in [6.45, 7) is 4.36. The molecule has 6 nitrogen and oxygen atoms in total. The first-order chi connectivity index (χ1) is 10.2. The fourth-order valence-electron chi connectivity index (χ4n) is 3.71. The van der Waals surface area contributed by atoms with Gasteiger partial charge in [-0.05, 0) is 45.7 Å². The van der Waals surface area contributed by atoms with Crippen LogP contribution in [-0.2, 0) is 11.3 Å². The molecule has 2 aliphatic rings. The summed E-state index contributed by atoms with van der Waals surface area (Å²) in [7, 11) is 0. The standard InChI is InChI=1S/C15H24N4O2/c1-12-13(18-21-17-12)11-16-14(20)15(7-3-2-4-8-15)19-9-5-6-10-19/h2-11H2,1H3,(H,16,20). The van der Waals surface area contributed by atoms with Gasteiger partial charge < -0.3 is 5.32 Å². The molecule has 1 aromatic heterocycles. The van der Waals surface area contributed by atoms with Crippen LogP contribution in [0.3, 0.4) is 0 Å². The molecular weight excluding hydrogens is 268 g/mol. The van der Waals surface area contributed by atoms with Crippen LogP contribution in [0.15, 0.2) is 4.63 Å². The zero-order chi connectivity index (χ0) is 14.7. The summed E-state index contributed by atoms with van der Waals surface area (Å²) in [5.41, 5.74) is 1.17. The van der Waals surface area contributed by atoms with E-state index >= 15 is 0 Å². The predicted molar refractivity (Wildman–Crippen MR) is 77.5 cm³/mol. The lowest BCUT2D eigenvalue weighted by molar-refractivity contribution is -0.135. The topological polar surface area (TPSA) is 71.3 Å². The Morgan fingerprint density at radius 1 is 1.19 bits per heavy atom. The minimum atomic E-state index is -0.292. The number of aryl methyl sites for hydroxylation is 1. The van der Waals surface area contributed by atoms with Crippen LogP contribution in [0.5, 0.6) is 0 Å². The normalized spacial score (nSPS) is 22.3. The molecule has 116 valence electrons. The van der Waals surface area contributed by atoms with Crippen LogP contribution in [-0.4, -0.2) is 39.7 Å². The molecule has 1 amide bonds. The van der Waals surface area contributed by atoms with Crippen molar-refractivity contribution >= 4 is 5.91 Å². The zero-order valence-electron chi connectivity index (χ0n) is 12.7. The van der Waals surface area contributed by atoms with Gasteiger partial charge in [0.2, 0.25) is 5.91 Å². The van der Waals surface area contributed by atoms with Crippen LogP contribution in [0.25, 0.3) is 0 Å². The van der Waals surface area contributed by atoms with E-state index in [1.165, 1.54) is 19.3 Å². The summed E-state index contributed by atoms with van der Waals surface area (Å²) in [5, 5.41) is 10.7. The van der Waals surface area contributed by atoms with Gasteiger partial charge in [-0.3, -0.25) is 9.69 Å². The SMILES string of the molecule is Cc1nonc1CNC(=O)C1(N2CCCC2)CCCCC1. The maximum atomic E-state index is 12.9. The van der Waals surface area contributed by atoms with E-state index in [0.29, 0.717) is 6.54 Å². The van der Waals surface area contributed by atoms with Gasteiger partial charge in [0.25, 0.3) is 0 Å². The number of amides is 1. The third kappa shape index (κ3) is 2.81. The number of nitrogens with one attached hydrogen (secondary N) is 1. The number of carbonyl (C=O) groups is 1. The summed E-state index contributed by atoms with van der Waals surface area (Å²) in [6.07, 6.45) is 7.92. The first kappa shape index (κ1) is 14.5. The maximum Gasteiger partial charge on any atom is 0.240 e. The molecule has 2 heterocycles. The average Bonchev–Trinajstić information content (AvgIpc) is 3.17. The van der Waals surface area contributed by atoms with E-state index in [4.69, 9.17) is 0 Å². The Morgan fingerprint density at radius 2 is 1.90 bits per heavy atom. The molecule has 1 saturated heterocycles. The molecule has 1 N–H and O–H groups in total. The van der Waals surface area contributed by atoms with Gasteiger partial charge >= 0.3 is 0 Å². The van der Waals surface area contributed by atoms with Crippen LogP contribution in [0.2, 0.25) is 0 Å². The second-order valence-corrected chi connectivity index (χ2v) is 6.27. The average molecular weight is 292 g/mol. The summed E-state index contributed by atoms with van der Waals surface area (Å²) in [4.78, 5) is 15.3. The maximum absolute atomic E-state index is 12.9. The number of nitrogens with zero attached hydrogens (tertiary/aromatic N) is 3. The molecule has 1 saturated carbocycles. The number of hydrogen-bond donors (Lipinski definition) is 1. The van der Waals surface area contributed by atoms with Crippen LogP contribution >= 0.6 is 0 Å². The second-order valence-electron chi connectivity index (χ2n) is 6.27. The highest BCUT2D eigenvalue weighted by atomic mass is 16.6. The largest absolute Gasteiger partial charge is 0.349 e. The molecule has 6 heteroatoms. The lowest BCUT2D eigenvalue weighted by Gasteiger charge is -2.43. The third-order valence-electron chi connectivity index (χ3n) is 4.98. The van der Waals surface area contributed by atoms with Crippen LogP contribution < -0.4 is 5.32 Å².